The highest BCUT2D eigenvalue weighted by Gasteiger charge is 2.11. The zero-order valence-electron chi connectivity index (χ0n) is 8.64. The Balaban J connectivity index is 2.82. The van der Waals surface area contributed by atoms with Crippen LogP contribution in [0.1, 0.15) is 0 Å². The zero-order chi connectivity index (χ0) is 12.3. The van der Waals surface area contributed by atoms with E-state index in [2.05, 4.69) is 0 Å². The molecule has 1 rings (SSSR count). The summed E-state index contributed by atoms with van der Waals surface area (Å²) in [4.78, 5) is 0.416. The minimum atomic E-state index is -3.11. The van der Waals surface area contributed by atoms with E-state index in [0.29, 0.717) is 15.6 Å². The lowest BCUT2D eigenvalue weighted by Gasteiger charge is -2.04. The SMILES string of the molecule is CS(=O)(=O)CCS(=O)c1ccc(N)cc1Cl. The average molecular weight is 282 g/mol. The lowest BCUT2D eigenvalue weighted by atomic mass is 10.3. The second kappa shape index (κ2) is 5.16. The van der Waals surface area contributed by atoms with Gasteiger partial charge in [-0.15, -0.1) is 0 Å². The number of anilines is 1. The molecule has 16 heavy (non-hydrogen) atoms. The van der Waals surface area contributed by atoms with Gasteiger partial charge in [-0.2, -0.15) is 0 Å². The topological polar surface area (TPSA) is 77.2 Å². The van der Waals surface area contributed by atoms with Gasteiger partial charge in [-0.05, 0) is 18.2 Å². The van der Waals surface area contributed by atoms with E-state index in [1.165, 1.54) is 6.07 Å². The van der Waals surface area contributed by atoms with Crippen molar-refractivity contribution in [2.75, 3.05) is 23.5 Å². The summed E-state index contributed by atoms with van der Waals surface area (Å²) in [6.07, 6.45) is 1.11. The molecule has 1 aromatic rings. The minimum absolute atomic E-state index is 0.0441. The van der Waals surface area contributed by atoms with Crippen molar-refractivity contribution in [2.24, 2.45) is 0 Å². The first-order valence-corrected chi connectivity index (χ1v) is 8.16. The lowest BCUT2D eigenvalue weighted by molar-refractivity contribution is 0.602. The second-order valence-corrected chi connectivity index (χ2v) is 7.58. The summed E-state index contributed by atoms with van der Waals surface area (Å²) >= 11 is 5.85. The van der Waals surface area contributed by atoms with Gasteiger partial charge in [-0.3, -0.25) is 4.21 Å². The lowest BCUT2D eigenvalue weighted by Crippen LogP contribution is -2.12. The van der Waals surface area contributed by atoms with E-state index >= 15 is 0 Å². The van der Waals surface area contributed by atoms with E-state index in [1.54, 1.807) is 12.1 Å². The Morgan fingerprint density at radius 1 is 1.44 bits per heavy atom. The fraction of sp³-hybridized carbons (Fsp3) is 0.333. The van der Waals surface area contributed by atoms with Gasteiger partial charge in [-0.25, -0.2) is 8.42 Å². The Hall–Kier alpha value is -0.590. The molecule has 0 saturated heterocycles. The monoisotopic (exact) mass is 281 g/mol. The van der Waals surface area contributed by atoms with Crippen LogP contribution in [0, 0.1) is 0 Å². The molecule has 1 atom stereocenters. The summed E-state index contributed by atoms with van der Waals surface area (Å²) in [6, 6.07) is 4.63. The highest BCUT2D eigenvalue weighted by atomic mass is 35.5. The molecule has 1 aromatic carbocycles. The molecular weight excluding hydrogens is 270 g/mol. The first-order valence-electron chi connectivity index (χ1n) is 4.41. The Labute approximate surface area is 102 Å². The number of nitrogens with two attached hydrogens (primary N) is 1. The number of hydrogen-bond acceptors (Lipinski definition) is 4. The van der Waals surface area contributed by atoms with Gasteiger partial charge in [0.2, 0.25) is 0 Å². The molecule has 1 unspecified atom stereocenters. The first-order chi connectivity index (χ1) is 7.29. The summed E-state index contributed by atoms with van der Waals surface area (Å²) in [5, 5.41) is 0.298. The van der Waals surface area contributed by atoms with Crippen LogP contribution in [-0.4, -0.2) is 30.4 Å². The molecule has 4 nitrogen and oxygen atoms in total. The second-order valence-electron chi connectivity index (χ2n) is 3.37. The molecule has 0 amide bonds. The van der Waals surface area contributed by atoms with Crippen LogP contribution in [0.4, 0.5) is 5.69 Å². The van der Waals surface area contributed by atoms with Crippen molar-refractivity contribution < 1.29 is 12.6 Å². The standard InChI is InChI=1S/C9H12ClNO3S2/c1-16(13,14)5-4-15(12)9-3-2-7(11)6-8(9)10/h2-3,6H,4-5,11H2,1H3. The number of nitrogen functional groups attached to an aromatic ring is 1. The van der Waals surface area contributed by atoms with E-state index in [0.717, 1.165) is 6.26 Å². The van der Waals surface area contributed by atoms with E-state index in [9.17, 15) is 12.6 Å². The molecule has 0 aromatic heterocycles. The van der Waals surface area contributed by atoms with Crippen molar-refractivity contribution in [3.05, 3.63) is 23.2 Å². The molecule has 90 valence electrons. The molecule has 0 bridgehead atoms. The molecule has 0 fully saturated rings. The Bertz CT molecular complexity index is 513. The molecule has 7 heteroatoms. The molecule has 0 aliphatic rings. The molecule has 0 saturated carbocycles. The quantitative estimate of drug-likeness (QED) is 0.838. The first kappa shape index (κ1) is 13.5. The van der Waals surface area contributed by atoms with Crippen LogP contribution in [0.2, 0.25) is 5.02 Å². The van der Waals surface area contributed by atoms with E-state index in [1.807, 2.05) is 0 Å². The summed E-state index contributed by atoms with van der Waals surface area (Å²) in [6.45, 7) is 0. The third-order valence-electron chi connectivity index (χ3n) is 1.84. The maximum atomic E-state index is 11.7. The summed E-state index contributed by atoms with van der Waals surface area (Å²) in [5.41, 5.74) is 5.97. The van der Waals surface area contributed by atoms with E-state index in [-0.39, 0.29) is 11.5 Å². The van der Waals surface area contributed by atoms with Crippen molar-refractivity contribution in [1.82, 2.24) is 0 Å². The van der Waals surface area contributed by atoms with Crippen molar-refractivity contribution in [3.8, 4) is 0 Å². The Morgan fingerprint density at radius 3 is 2.56 bits per heavy atom. The van der Waals surface area contributed by atoms with E-state index in [4.69, 9.17) is 17.3 Å². The molecule has 0 spiro atoms. The van der Waals surface area contributed by atoms with Gasteiger partial charge in [-0.1, -0.05) is 11.6 Å². The normalized spacial score (nSPS) is 13.6. The van der Waals surface area contributed by atoms with Crippen LogP contribution in [0.15, 0.2) is 23.1 Å². The smallest absolute Gasteiger partial charge is 0.148 e. The maximum absolute atomic E-state index is 11.7. The number of hydrogen-bond donors (Lipinski definition) is 1. The largest absolute Gasteiger partial charge is 0.399 e. The molecule has 0 aliphatic heterocycles. The third kappa shape index (κ3) is 4.11. The van der Waals surface area contributed by atoms with Crippen molar-refractivity contribution in [1.29, 1.82) is 0 Å². The maximum Gasteiger partial charge on any atom is 0.148 e. The molecular formula is C9H12ClNO3S2. The van der Waals surface area contributed by atoms with Crippen LogP contribution < -0.4 is 5.73 Å². The van der Waals surface area contributed by atoms with Gasteiger partial charge in [0.15, 0.2) is 0 Å². The number of benzene rings is 1. The van der Waals surface area contributed by atoms with Gasteiger partial charge in [0.05, 0.1) is 26.5 Å². The third-order valence-corrected chi connectivity index (χ3v) is 4.89. The average Bonchev–Trinajstić information content (AvgIpc) is 2.13. The summed E-state index contributed by atoms with van der Waals surface area (Å²) < 4.78 is 33.6. The Morgan fingerprint density at radius 2 is 2.06 bits per heavy atom. The predicted octanol–water partition coefficient (Wildman–Crippen LogP) is 1.07. The molecule has 0 aliphatic carbocycles. The summed E-state index contributed by atoms with van der Waals surface area (Å²) in [7, 11) is -4.53. The molecule has 2 N–H and O–H groups in total. The Kier molecular flexibility index (Phi) is 4.35. The van der Waals surface area contributed by atoms with Crippen LogP contribution in [-0.2, 0) is 20.6 Å². The fourth-order valence-corrected chi connectivity index (χ4v) is 4.02. The number of sulfone groups is 1. The zero-order valence-corrected chi connectivity index (χ0v) is 11.0. The highest BCUT2D eigenvalue weighted by Crippen LogP contribution is 2.22. The number of halogens is 1. The molecule has 0 radical (unpaired) electrons. The van der Waals surface area contributed by atoms with E-state index < -0.39 is 20.6 Å². The van der Waals surface area contributed by atoms with Crippen LogP contribution in [0.5, 0.6) is 0 Å². The van der Waals surface area contributed by atoms with Gasteiger partial charge in [0.1, 0.15) is 9.84 Å². The van der Waals surface area contributed by atoms with Gasteiger partial charge < -0.3 is 5.73 Å². The van der Waals surface area contributed by atoms with Crippen molar-refractivity contribution in [3.63, 3.8) is 0 Å². The highest BCUT2D eigenvalue weighted by molar-refractivity contribution is 7.92. The summed E-state index contributed by atoms with van der Waals surface area (Å²) in [5.74, 6) is -0.0806. The van der Waals surface area contributed by atoms with Crippen LogP contribution in [0.3, 0.4) is 0 Å². The predicted molar refractivity (Wildman–Crippen MR) is 66.9 cm³/mol. The van der Waals surface area contributed by atoms with Gasteiger partial charge >= 0.3 is 0 Å². The molecule has 0 heterocycles. The number of rotatable bonds is 4. The van der Waals surface area contributed by atoms with Gasteiger partial charge in [0, 0.05) is 17.7 Å². The van der Waals surface area contributed by atoms with Crippen LogP contribution >= 0.6 is 11.6 Å². The van der Waals surface area contributed by atoms with Gasteiger partial charge in [0.25, 0.3) is 0 Å². The minimum Gasteiger partial charge on any atom is -0.399 e. The van der Waals surface area contributed by atoms with Crippen molar-refractivity contribution in [2.45, 2.75) is 4.90 Å². The van der Waals surface area contributed by atoms with Crippen LogP contribution in [0.25, 0.3) is 0 Å². The fourth-order valence-electron chi connectivity index (χ4n) is 1.04. The van der Waals surface area contributed by atoms with Crippen molar-refractivity contribution >= 4 is 37.9 Å².